The van der Waals surface area contributed by atoms with Gasteiger partial charge in [-0.15, -0.1) is 0 Å². The molecule has 132 valence electrons. The number of carbonyl (C=O) groups is 1. The van der Waals surface area contributed by atoms with Crippen LogP contribution < -0.4 is 15.7 Å². The van der Waals surface area contributed by atoms with Crippen molar-refractivity contribution >= 4 is 23.2 Å². The van der Waals surface area contributed by atoms with E-state index in [4.69, 9.17) is 16.4 Å². The van der Waals surface area contributed by atoms with Crippen LogP contribution in [0.4, 0.5) is 5.69 Å². The number of para-hydroxylation sites is 1. The van der Waals surface area contributed by atoms with Gasteiger partial charge >= 0.3 is 0 Å². The first-order valence-corrected chi connectivity index (χ1v) is 8.39. The molecule has 0 radical (unpaired) electrons. The van der Waals surface area contributed by atoms with E-state index in [1.54, 1.807) is 30.3 Å². The number of pyridine rings is 1. The maximum atomic E-state index is 12.5. The summed E-state index contributed by atoms with van der Waals surface area (Å²) in [6.45, 7) is 2.04. The maximum Gasteiger partial charge on any atom is 0.295 e. The lowest BCUT2D eigenvalue weighted by Crippen LogP contribution is -2.32. The lowest BCUT2D eigenvalue weighted by molar-refractivity contribution is 0.0863. The van der Waals surface area contributed by atoms with Crippen LogP contribution in [0.2, 0.25) is 5.02 Å². The van der Waals surface area contributed by atoms with E-state index in [1.807, 2.05) is 31.2 Å². The second-order valence-electron chi connectivity index (χ2n) is 5.73. The van der Waals surface area contributed by atoms with Gasteiger partial charge in [0.25, 0.3) is 11.5 Å². The monoisotopic (exact) mass is 368 g/mol. The fourth-order valence-corrected chi connectivity index (χ4v) is 2.64. The number of benzene rings is 2. The Morgan fingerprint density at radius 1 is 1.12 bits per heavy atom. The Bertz CT molecular complexity index is 998. The topological polar surface area (TPSA) is 60.3 Å². The molecular formula is C20H17ClN2O3. The van der Waals surface area contributed by atoms with Crippen molar-refractivity contribution in [3.63, 3.8) is 0 Å². The van der Waals surface area contributed by atoms with Crippen molar-refractivity contribution in [1.82, 2.24) is 4.73 Å². The molecule has 1 N–H and O–H groups in total. The molecule has 0 aliphatic carbocycles. The van der Waals surface area contributed by atoms with E-state index in [1.165, 1.54) is 12.3 Å². The minimum Gasteiger partial charge on any atom is -0.406 e. The van der Waals surface area contributed by atoms with Crippen LogP contribution >= 0.6 is 11.6 Å². The molecule has 1 aromatic heterocycles. The normalized spacial score (nSPS) is 10.4. The van der Waals surface area contributed by atoms with Crippen LogP contribution in [0.1, 0.15) is 21.5 Å². The maximum absolute atomic E-state index is 12.5. The Morgan fingerprint density at radius 2 is 1.92 bits per heavy atom. The summed E-state index contributed by atoms with van der Waals surface area (Å²) in [6.07, 6.45) is 1.47. The molecule has 26 heavy (non-hydrogen) atoms. The van der Waals surface area contributed by atoms with Crippen LogP contribution in [0.5, 0.6) is 0 Å². The van der Waals surface area contributed by atoms with Gasteiger partial charge in [-0.05, 0) is 48.4 Å². The van der Waals surface area contributed by atoms with Crippen LogP contribution in [0.3, 0.4) is 0 Å². The quantitative estimate of drug-likeness (QED) is 0.747. The number of amides is 1. The van der Waals surface area contributed by atoms with Gasteiger partial charge in [-0.3, -0.25) is 9.59 Å². The van der Waals surface area contributed by atoms with Gasteiger partial charge in [-0.2, -0.15) is 4.73 Å². The van der Waals surface area contributed by atoms with Crippen molar-refractivity contribution in [2.24, 2.45) is 0 Å². The van der Waals surface area contributed by atoms with E-state index in [0.717, 1.165) is 15.9 Å². The van der Waals surface area contributed by atoms with Gasteiger partial charge in [-0.1, -0.05) is 41.9 Å². The molecule has 0 atom stereocenters. The Hall–Kier alpha value is -3.05. The molecule has 3 rings (SSSR count). The lowest BCUT2D eigenvalue weighted by Gasteiger charge is -2.11. The molecule has 0 saturated heterocycles. The summed E-state index contributed by atoms with van der Waals surface area (Å²) in [6, 6.07) is 17.6. The molecule has 0 fully saturated rings. The molecule has 1 heterocycles. The van der Waals surface area contributed by atoms with E-state index in [-0.39, 0.29) is 12.2 Å². The number of nitrogens with zero attached hydrogens (tertiary/aromatic N) is 1. The second-order valence-corrected chi connectivity index (χ2v) is 6.16. The number of halogens is 1. The van der Waals surface area contributed by atoms with Crippen LogP contribution in [0.15, 0.2) is 71.7 Å². The molecule has 3 aromatic rings. The van der Waals surface area contributed by atoms with Crippen molar-refractivity contribution < 1.29 is 9.63 Å². The number of hydrogen-bond donors (Lipinski definition) is 1. The van der Waals surface area contributed by atoms with Gasteiger partial charge in [0.1, 0.15) is 12.2 Å². The zero-order valence-electron chi connectivity index (χ0n) is 14.1. The van der Waals surface area contributed by atoms with Crippen molar-refractivity contribution in [1.29, 1.82) is 0 Å². The Labute approximate surface area is 155 Å². The van der Waals surface area contributed by atoms with Crippen LogP contribution in [-0.2, 0) is 6.61 Å². The first-order chi connectivity index (χ1) is 12.5. The largest absolute Gasteiger partial charge is 0.406 e. The fourth-order valence-electron chi connectivity index (χ4n) is 2.42. The number of rotatable bonds is 5. The Balaban J connectivity index is 1.77. The molecule has 5 nitrogen and oxygen atoms in total. The standard InChI is InChI=1S/C20H17ClN2O3/c1-14-6-2-3-10-18(14)22-19(24)17-9-5-11-23(20(17)25)26-13-15-7-4-8-16(21)12-15/h2-12H,13H2,1H3,(H,22,24). The molecule has 6 heteroatoms. The molecule has 0 spiro atoms. The SMILES string of the molecule is Cc1ccccc1NC(=O)c1cccn(OCc2cccc(Cl)c2)c1=O. The average Bonchev–Trinajstić information content (AvgIpc) is 2.63. The number of carbonyl (C=O) groups excluding carboxylic acids is 1. The van der Waals surface area contributed by atoms with Crippen LogP contribution in [0.25, 0.3) is 0 Å². The minimum absolute atomic E-state index is 0.00171. The van der Waals surface area contributed by atoms with E-state index in [2.05, 4.69) is 5.32 Å². The van der Waals surface area contributed by atoms with Gasteiger partial charge in [0.05, 0.1) is 0 Å². The summed E-state index contributed by atoms with van der Waals surface area (Å²) < 4.78 is 1.05. The highest BCUT2D eigenvalue weighted by Gasteiger charge is 2.14. The predicted molar refractivity (Wildman–Crippen MR) is 102 cm³/mol. The van der Waals surface area contributed by atoms with Crippen molar-refractivity contribution in [3.05, 3.63) is 98.9 Å². The van der Waals surface area contributed by atoms with E-state index in [0.29, 0.717) is 10.7 Å². The molecule has 0 bridgehead atoms. The number of aryl methyl sites for hydroxylation is 1. The summed E-state index contributed by atoms with van der Waals surface area (Å²) in [4.78, 5) is 30.5. The zero-order chi connectivity index (χ0) is 18.5. The minimum atomic E-state index is -0.527. The van der Waals surface area contributed by atoms with E-state index < -0.39 is 11.5 Å². The summed E-state index contributed by atoms with van der Waals surface area (Å²) in [5.41, 5.74) is 1.86. The highest BCUT2D eigenvalue weighted by atomic mass is 35.5. The third kappa shape index (κ3) is 4.13. The van der Waals surface area contributed by atoms with E-state index >= 15 is 0 Å². The summed E-state index contributed by atoms with van der Waals surface area (Å²) >= 11 is 5.94. The summed E-state index contributed by atoms with van der Waals surface area (Å²) in [7, 11) is 0. The first kappa shape index (κ1) is 17.8. The Kier molecular flexibility index (Phi) is 5.39. The van der Waals surface area contributed by atoms with Crippen molar-refractivity contribution in [2.75, 3.05) is 5.32 Å². The highest BCUT2D eigenvalue weighted by Crippen LogP contribution is 2.14. The van der Waals surface area contributed by atoms with Gasteiger partial charge in [0.15, 0.2) is 0 Å². The third-order valence-corrected chi connectivity index (χ3v) is 4.05. The summed E-state index contributed by atoms with van der Waals surface area (Å²) in [5, 5.41) is 3.34. The van der Waals surface area contributed by atoms with Crippen molar-refractivity contribution in [2.45, 2.75) is 13.5 Å². The van der Waals surface area contributed by atoms with Crippen molar-refractivity contribution in [3.8, 4) is 0 Å². The number of nitrogens with one attached hydrogen (secondary N) is 1. The first-order valence-electron chi connectivity index (χ1n) is 8.01. The smallest absolute Gasteiger partial charge is 0.295 e. The van der Waals surface area contributed by atoms with E-state index in [9.17, 15) is 9.59 Å². The third-order valence-electron chi connectivity index (χ3n) is 3.81. The molecule has 0 aliphatic rings. The fraction of sp³-hybridized carbons (Fsp3) is 0.100. The van der Waals surface area contributed by atoms with Gasteiger partial charge in [0, 0.05) is 16.9 Å². The highest BCUT2D eigenvalue weighted by molar-refractivity contribution is 6.30. The molecule has 0 unspecified atom stereocenters. The van der Waals surface area contributed by atoms with Gasteiger partial charge in [0.2, 0.25) is 0 Å². The lowest BCUT2D eigenvalue weighted by atomic mass is 10.2. The summed E-state index contributed by atoms with van der Waals surface area (Å²) in [5.74, 6) is -0.481. The molecule has 2 aromatic carbocycles. The van der Waals surface area contributed by atoms with Crippen LogP contribution in [-0.4, -0.2) is 10.6 Å². The molecule has 0 aliphatic heterocycles. The van der Waals surface area contributed by atoms with Gasteiger partial charge in [-0.25, -0.2) is 0 Å². The number of aromatic nitrogens is 1. The van der Waals surface area contributed by atoms with Gasteiger partial charge < -0.3 is 10.2 Å². The zero-order valence-corrected chi connectivity index (χ0v) is 14.9. The average molecular weight is 369 g/mol. The molecule has 0 saturated carbocycles. The predicted octanol–water partition coefficient (Wildman–Crippen LogP) is 3.69. The molecular weight excluding hydrogens is 352 g/mol. The second kappa shape index (κ2) is 7.89. The molecule has 1 amide bonds. The number of hydrogen-bond acceptors (Lipinski definition) is 3. The Morgan fingerprint density at radius 3 is 2.69 bits per heavy atom. The van der Waals surface area contributed by atoms with Crippen LogP contribution in [0, 0.1) is 6.92 Å². The number of anilines is 1.